The Hall–Kier alpha value is -2.63. The Morgan fingerprint density at radius 2 is 0.434 bits per heavy atom. The van der Waals surface area contributed by atoms with Gasteiger partial charge in [-0.3, -0.25) is 14.4 Å². The third-order valence-corrected chi connectivity index (χ3v) is 16.8. The van der Waals surface area contributed by atoms with Gasteiger partial charge in [0.15, 0.2) is 6.10 Å². The fraction of sp³-hybridized carbons (Fsp3) is 0.857. The summed E-state index contributed by atoms with van der Waals surface area (Å²) in [5, 5.41) is 0. The fourth-order valence-corrected chi connectivity index (χ4v) is 11.2. The molecule has 0 amide bonds. The predicted octanol–water partition coefficient (Wildman–Crippen LogP) is 25.7. The van der Waals surface area contributed by atoms with Crippen LogP contribution < -0.4 is 0 Å². The van der Waals surface area contributed by atoms with E-state index in [4.69, 9.17) is 14.2 Å². The van der Waals surface area contributed by atoms with Gasteiger partial charge in [0.1, 0.15) is 13.2 Å². The van der Waals surface area contributed by atoms with Crippen molar-refractivity contribution in [1.82, 2.24) is 0 Å². The minimum Gasteiger partial charge on any atom is -0.462 e. The van der Waals surface area contributed by atoms with Gasteiger partial charge in [-0.1, -0.05) is 352 Å². The maximum atomic E-state index is 12.9. The number of ether oxygens (including phenoxy) is 3. The highest BCUT2D eigenvalue weighted by Gasteiger charge is 2.19. The Labute approximate surface area is 518 Å². The number of unbranched alkanes of at least 4 members (excludes halogenated alkanes) is 50. The SMILES string of the molecule is CCCCC/C=C\C/C=C\C/C=C\CCCCCCCCC(=O)OC(COC(=O)CCCCCCC/C=C\CCCCCCCC)COC(=O)CCCCCCCCCCCCCCCCCCCCCCCCCCCCCCCCC. The second kappa shape index (κ2) is 71.8. The summed E-state index contributed by atoms with van der Waals surface area (Å²) in [6.07, 6.45) is 91.6. The van der Waals surface area contributed by atoms with Crippen molar-refractivity contribution in [3.8, 4) is 0 Å². The third kappa shape index (κ3) is 70.0. The molecule has 0 aliphatic heterocycles. The molecule has 0 aromatic carbocycles. The van der Waals surface area contributed by atoms with Crippen LogP contribution in [0.3, 0.4) is 0 Å². The molecule has 0 radical (unpaired) electrons. The number of hydrogen-bond donors (Lipinski definition) is 0. The van der Waals surface area contributed by atoms with E-state index in [-0.39, 0.29) is 31.1 Å². The highest BCUT2D eigenvalue weighted by molar-refractivity contribution is 5.71. The molecule has 6 heteroatoms. The lowest BCUT2D eigenvalue weighted by Gasteiger charge is -2.18. The summed E-state index contributed by atoms with van der Waals surface area (Å²) in [5.41, 5.74) is 0. The number of rotatable bonds is 69. The molecular weight excluding hydrogens is 1020 g/mol. The van der Waals surface area contributed by atoms with Crippen LogP contribution in [0, 0.1) is 0 Å². The van der Waals surface area contributed by atoms with Gasteiger partial charge in [0.05, 0.1) is 0 Å². The van der Waals surface area contributed by atoms with Crippen molar-refractivity contribution in [2.24, 2.45) is 0 Å². The topological polar surface area (TPSA) is 78.9 Å². The molecule has 0 N–H and O–H groups in total. The number of allylic oxidation sites excluding steroid dienone is 8. The van der Waals surface area contributed by atoms with Gasteiger partial charge in [-0.05, 0) is 83.5 Å². The number of hydrogen-bond acceptors (Lipinski definition) is 6. The summed E-state index contributed by atoms with van der Waals surface area (Å²) in [6, 6.07) is 0. The molecule has 0 aliphatic carbocycles. The molecule has 1 atom stereocenters. The minimum atomic E-state index is -0.784. The van der Waals surface area contributed by atoms with Gasteiger partial charge in [0.2, 0.25) is 0 Å². The molecule has 0 rings (SSSR count). The number of esters is 3. The second-order valence-corrected chi connectivity index (χ2v) is 25.2. The van der Waals surface area contributed by atoms with Crippen LogP contribution in [0.1, 0.15) is 406 Å². The fourth-order valence-electron chi connectivity index (χ4n) is 11.2. The Kier molecular flexibility index (Phi) is 69.6. The van der Waals surface area contributed by atoms with Crippen molar-refractivity contribution in [2.75, 3.05) is 13.2 Å². The van der Waals surface area contributed by atoms with E-state index in [2.05, 4.69) is 69.4 Å². The van der Waals surface area contributed by atoms with Gasteiger partial charge in [-0.15, -0.1) is 0 Å². The standard InChI is InChI=1S/C77H142O6/c1-4-7-10-13-16-19-22-25-28-30-32-33-34-35-36-37-38-39-40-41-42-43-45-46-49-52-55-58-61-64-67-70-76(79)82-73-74(72-81-75(78)69-66-63-60-57-54-51-48-27-24-21-18-15-12-9-6-3)83-77(80)71-68-65-62-59-56-53-50-47-44-31-29-26-23-20-17-14-11-8-5-2/h17,20,26-27,29,44,47-48,74H,4-16,18-19,21-25,28,30-43,45-46,49-73H2,1-3H3/b20-17-,29-26-,47-44-,48-27-. The molecule has 0 bridgehead atoms. The molecule has 0 saturated heterocycles. The van der Waals surface area contributed by atoms with E-state index in [9.17, 15) is 14.4 Å². The van der Waals surface area contributed by atoms with Gasteiger partial charge >= 0.3 is 17.9 Å². The molecule has 0 saturated carbocycles. The zero-order valence-corrected chi connectivity index (χ0v) is 56.0. The molecule has 1 unspecified atom stereocenters. The molecule has 0 spiro atoms. The van der Waals surface area contributed by atoms with E-state index < -0.39 is 6.10 Å². The van der Waals surface area contributed by atoms with E-state index in [0.29, 0.717) is 19.3 Å². The van der Waals surface area contributed by atoms with Crippen molar-refractivity contribution in [3.63, 3.8) is 0 Å². The Balaban J connectivity index is 4.20. The zero-order valence-electron chi connectivity index (χ0n) is 56.0. The molecule has 0 fully saturated rings. The van der Waals surface area contributed by atoms with Gasteiger partial charge in [0.25, 0.3) is 0 Å². The van der Waals surface area contributed by atoms with Crippen LogP contribution in [0.25, 0.3) is 0 Å². The van der Waals surface area contributed by atoms with E-state index in [1.165, 1.54) is 283 Å². The molecule has 0 aromatic rings. The van der Waals surface area contributed by atoms with Crippen molar-refractivity contribution in [2.45, 2.75) is 412 Å². The van der Waals surface area contributed by atoms with Crippen LogP contribution in [0.15, 0.2) is 48.6 Å². The smallest absolute Gasteiger partial charge is 0.306 e. The Morgan fingerprint density at radius 3 is 0.711 bits per heavy atom. The maximum absolute atomic E-state index is 12.9. The largest absolute Gasteiger partial charge is 0.462 e. The monoisotopic (exact) mass is 1160 g/mol. The van der Waals surface area contributed by atoms with E-state index in [0.717, 1.165) is 83.5 Å². The first kappa shape index (κ1) is 80.4. The molecule has 6 nitrogen and oxygen atoms in total. The third-order valence-electron chi connectivity index (χ3n) is 16.8. The van der Waals surface area contributed by atoms with Crippen LogP contribution >= 0.6 is 0 Å². The van der Waals surface area contributed by atoms with Crippen molar-refractivity contribution < 1.29 is 28.6 Å². The van der Waals surface area contributed by atoms with Crippen LogP contribution in [-0.2, 0) is 28.6 Å². The van der Waals surface area contributed by atoms with E-state index in [1.54, 1.807) is 0 Å². The molecule has 0 aromatic heterocycles. The normalized spacial score (nSPS) is 12.3. The first-order chi connectivity index (χ1) is 41.0. The lowest BCUT2D eigenvalue weighted by molar-refractivity contribution is -0.167. The average Bonchev–Trinajstić information content (AvgIpc) is 3.49. The highest BCUT2D eigenvalue weighted by Crippen LogP contribution is 2.19. The lowest BCUT2D eigenvalue weighted by Crippen LogP contribution is -2.30. The summed E-state index contributed by atoms with van der Waals surface area (Å²) in [5.74, 6) is -0.873. The van der Waals surface area contributed by atoms with Crippen molar-refractivity contribution >= 4 is 17.9 Å². The lowest BCUT2D eigenvalue weighted by atomic mass is 10.0. The summed E-state index contributed by atoms with van der Waals surface area (Å²) in [6.45, 7) is 6.66. The summed E-state index contributed by atoms with van der Waals surface area (Å²) >= 11 is 0. The first-order valence-corrected chi connectivity index (χ1v) is 37.1. The van der Waals surface area contributed by atoms with Crippen LogP contribution in [0.2, 0.25) is 0 Å². The molecule has 486 valence electrons. The van der Waals surface area contributed by atoms with Gasteiger partial charge < -0.3 is 14.2 Å². The van der Waals surface area contributed by atoms with E-state index in [1.807, 2.05) is 0 Å². The Morgan fingerprint density at radius 1 is 0.241 bits per heavy atom. The van der Waals surface area contributed by atoms with Crippen molar-refractivity contribution in [1.29, 1.82) is 0 Å². The highest BCUT2D eigenvalue weighted by atomic mass is 16.6. The number of carbonyl (C=O) groups is 3. The summed E-state index contributed by atoms with van der Waals surface area (Å²) in [7, 11) is 0. The Bertz CT molecular complexity index is 1430. The summed E-state index contributed by atoms with van der Waals surface area (Å²) in [4.78, 5) is 38.5. The van der Waals surface area contributed by atoms with Gasteiger partial charge in [-0.2, -0.15) is 0 Å². The van der Waals surface area contributed by atoms with Gasteiger partial charge in [0, 0.05) is 19.3 Å². The quantitative estimate of drug-likeness (QED) is 0.0261. The maximum Gasteiger partial charge on any atom is 0.306 e. The van der Waals surface area contributed by atoms with Crippen LogP contribution in [0.4, 0.5) is 0 Å². The van der Waals surface area contributed by atoms with Gasteiger partial charge in [-0.25, -0.2) is 0 Å². The van der Waals surface area contributed by atoms with Crippen molar-refractivity contribution in [3.05, 3.63) is 48.6 Å². The molecule has 0 aliphatic rings. The summed E-state index contributed by atoms with van der Waals surface area (Å²) < 4.78 is 17.0. The first-order valence-electron chi connectivity index (χ1n) is 37.1. The molecule has 0 heterocycles. The zero-order chi connectivity index (χ0) is 59.9. The predicted molar refractivity (Wildman–Crippen MR) is 362 cm³/mol. The van der Waals surface area contributed by atoms with E-state index >= 15 is 0 Å². The minimum absolute atomic E-state index is 0.0772. The van der Waals surface area contributed by atoms with Crippen LogP contribution in [0.5, 0.6) is 0 Å². The second-order valence-electron chi connectivity index (χ2n) is 25.2. The van der Waals surface area contributed by atoms with Crippen LogP contribution in [-0.4, -0.2) is 37.2 Å². The molecular formula is C77H142O6. The molecule has 83 heavy (non-hydrogen) atoms. The number of carbonyl (C=O) groups excluding carboxylic acids is 3. The average molecular weight is 1160 g/mol.